The lowest BCUT2D eigenvalue weighted by atomic mass is 10.0. The third-order valence-corrected chi connectivity index (χ3v) is 3.62. The lowest BCUT2D eigenvalue weighted by Gasteiger charge is -2.20. The zero-order valence-corrected chi connectivity index (χ0v) is 13.8. The summed E-state index contributed by atoms with van der Waals surface area (Å²) in [5.41, 5.74) is 2.01. The van der Waals surface area contributed by atoms with Gasteiger partial charge in [0.1, 0.15) is 6.61 Å². The van der Waals surface area contributed by atoms with Crippen molar-refractivity contribution in [1.29, 1.82) is 0 Å². The number of anilines is 1. The molecule has 2 aromatic rings. The normalized spacial score (nSPS) is 11.6. The first-order valence-corrected chi connectivity index (χ1v) is 7.78. The molecule has 0 aliphatic rings. The molecule has 1 amide bonds. The number of hydrogen-bond acceptors (Lipinski definition) is 6. The van der Waals surface area contributed by atoms with Gasteiger partial charge in [0, 0.05) is 24.8 Å². The van der Waals surface area contributed by atoms with Crippen molar-refractivity contribution < 1.29 is 14.8 Å². The van der Waals surface area contributed by atoms with E-state index in [0.717, 1.165) is 11.1 Å². The molecule has 0 radical (unpaired) electrons. The summed E-state index contributed by atoms with van der Waals surface area (Å²) in [5.74, 6) is -0.367. The second kappa shape index (κ2) is 8.74. The summed E-state index contributed by atoms with van der Waals surface area (Å²) in [7, 11) is 0. The number of benzene rings is 1. The Morgan fingerprint density at radius 1 is 1.32 bits per heavy atom. The fourth-order valence-electron chi connectivity index (χ4n) is 2.32. The molecule has 0 unspecified atom stereocenters. The Morgan fingerprint density at radius 2 is 2.04 bits per heavy atom. The number of aliphatic hydroxyl groups excluding tert-OH is 1. The molecule has 1 heterocycles. The van der Waals surface area contributed by atoms with Gasteiger partial charge in [-0.05, 0) is 25.0 Å². The number of carbonyl (C=O) groups excluding carboxylic acids is 1. The summed E-state index contributed by atoms with van der Waals surface area (Å²) in [6.45, 7) is 1.57. The van der Waals surface area contributed by atoms with Crippen LogP contribution in [0.2, 0.25) is 0 Å². The van der Waals surface area contributed by atoms with Gasteiger partial charge in [-0.2, -0.15) is 0 Å². The van der Waals surface area contributed by atoms with Crippen molar-refractivity contribution >= 4 is 17.4 Å². The van der Waals surface area contributed by atoms with Crippen molar-refractivity contribution in [1.82, 2.24) is 10.3 Å². The number of nitrogens with one attached hydrogen (secondary N) is 2. The first-order valence-electron chi connectivity index (χ1n) is 7.78. The predicted octanol–water partition coefficient (Wildman–Crippen LogP) is 1.43. The number of nitrogens with zero attached hydrogens (tertiary/aromatic N) is 2. The van der Waals surface area contributed by atoms with E-state index >= 15 is 0 Å². The molecule has 0 saturated heterocycles. The van der Waals surface area contributed by atoms with Gasteiger partial charge in [-0.15, -0.1) is 0 Å². The topological polar surface area (TPSA) is 117 Å². The second-order valence-corrected chi connectivity index (χ2v) is 5.62. The number of hydrogen-bond donors (Lipinski definition) is 3. The van der Waals surface area contributed by atoms with Crippen LogP contribution in [-0.2, 0) is 11.2 Å². The highest BCUT2D eigenvalue weighted by Gasteiger charge is 2.19. The number of aliphatic hydroxyl groups is 1. The molecular weight excluding hydrogens is 324 g/mol. The highest BCUT2D eigenvalue weighted by Crippen LogP contribution is 2.21. The van der Waals surface area contributed by atoms with Gasteiger partial charge >= 0.3 is 5.69 Å². The summed E-state index contributed by atoms with van der Waals surface area (Å²) >= 11 is 0. The van der Waals surface area contributed by atoms with Gasteiger partial charge in [-0.1, -0.05) is 29.8 Å². The van der Waals surface area contributed by atoms with Gasteiger partial charge in [0.05, 0.1) is 4.92 Å². The van der Waals surface area contributed by atoms with Gasteiger partial charge in [0.2, 0.25) is 11.7 Å². The summed E-state index contributed by atoms with van der Waals surface area (Å²) < 4.78 is 0. The minimum absolute atomic E-state index is 0.134. The van der Waals surface area contributed by atoms with Crippen LogP contribution in [0.1, 0.15) is 11.1 Å². The molecule has 0 saturated carbocycles. The highest BCUT2D eigenvalue weighted by molar-refractivity contribution is 5.76. The molecule has 1 atom stereocenters. The Morgan fingerprint density at radius 3 is 2.68 bits per heavy atom. The smallest absolute Gasteiger partial charge is 0.311 e. The van der Waals surface area contributed by atoms with Crippen LogP contribution in [0.15, 0.2) is 42.6 Å². The van der Waals surface area contributed by atoms with Crippen LogP contribution in [0.4, 0.5) is 11.5 Å². The summed E-state index contributed by atoms with van der Waals surface area (Å²) in [4.78, 5) is 26.0. The van der Waals surface area contributed by atoms with Crippen molar-refractivity contribution in [2.45, 2.75) is 19.4 Å². The lowest BCUT2D eigenvalue weighted by molar-refractivity contribution is -0.384. The molecule has 25 heavy (non-hydrogen) atoms. The van der Waals surface area contributed by atoms with Gasteiger partial charge < -0.3 is 15.7 Å². The van der Waals surface area contributed by atoms with E-state index in [1.165, 1.54) is 18.3 Å². The minimum Gasteiger partial charge on any atom is -0.387 e. The van der Waals surface area contributed by atoms with Crippen LogP contribution >= 0.6 is 0 Å². The molecule has 1 aromatic carbocycles. The summed E-state index contributed by atoms with van der Waals surface area (Å²) in [6, 6.07) is 10.4. The number of aromatic nitrogens is 1. The van der Waals surface area contributed by atoms with Crippen molar-refractivity contribution in [3.8, 4) is 0 Å². The van der Waals surface area contributed by atoms with E-state index in [9.17, 15) is 14.9 Å². The first kappa shape index (κ1) is 18.3. The molecule has 3 N–H and O–H groups in total. The summed E-state index contributed by atoms with van der Waals surface area (Å²) in [5, 5.41) is 25.6. The Balaban J connectivity index is 2.17. The van der Waals surface area contributed by atoms with Crippen LogP contribution in [0.5, 0.6) is 0 Å². The third kappa shape index (κ3) is 5.54. The van der Waals surface area contributed by atoms with Crippen LogP contribution in [-0.4, -0.2) is 40.1 Å². The lowest BCUT2D eigenvalue weighted by Crippen LogP contribution is -2.39. The van der Waals surface area contributed by atoms with Crippen molar-refractivity contribution in [3.63, 3.8) is 0 Å². The molecule has 0 bridgehead atoms. The van der Waals surface area contributed by atoms with E-state index < -0.39 is 17.4 Å². The quantitative estimate of drug-likeness (QED) is 0.492. The zero-order chi connectivity index (χ0) is 18.2. The Bertz CT molecular complexity index is 734. The average molecular weight is 344 g/mol. The number of carbonyl (C=O) groups is 1. The van der Waals surface area contributed by atoms with Crippen LogP contribution in [0, 0.1) is 17.0 Å². The second-order valence-electron chi connectivity index (χ2n) is 5.62. The number of aryl methyl sites for hydroxylation is 1. The fourth-order valence-corrected chi connectivity index (χ4v) is 2.32. The monoisotopic (exact) mass is 344 g/mol. The molecule has 0 spiro atoms. The minimum atomic E-state index is -0.610. The molecule has 132 valence electrons. The van der Waals surface area contributed by atoms with Crippen LogP contribution in [0.3, 0.4) is 0 Å². The van der Waals surface area contributed by atoms with Gasteiger partial charge in [-0.25, -0.2) is 4.98 Å². The highest BCUT2D eigenvalue weighted by atomic mass is 16.6. The maximum absolute atomic E-state index is 11.3. The maximum atomic E-state index is 11.3. The van der Waals surface area contributed by atoms with Crippen molar-refractivity contribution in [2.24, 2.45) is 0 Å². The molecule has 0 aliphatic carbocycles. The number of amides is 1. The first-order chi connectivity index (χ1) is 12.0. The molecule has 8 nitrogen and oxygen atoms in total. The molecular formula is C17H20N4O4. The zero-order valence-electron chi connectivity index (χ0n) is 13.8. The van der Waals surface area contributed by atoms with Crippen molar-refractivity contribution in [3.05, 3.63) is 63.8 Å². The molecule has 1 aromatic heterocycles. The predicted molar refractivity (Wildman–Crippen MR) is 93.3 cm³/mol. The number of pyridine rings is 1. The average Bonchev–Trinajstić information content (AvgIpc) is 2.61. The van der Waals surface area contributed by atoms with E-state index in [4.69, 9.17) is 5.11 Å². The van der Waals surface area contributed by atoms with E-state index in [1.807, 2.05) is 31.2 Å². The molecule has 0 fully saturated rings. The number of nitro groups is 1. The van der Waals surface area contributed by atoms with Gasteiger partial charge in [-0.3, -0.25) is 14.9 Å². The van der Waals surface area contributed by atoms with Gasteiger partial charge in [0.25, 0.3) is 0 Å². The van der Waals surface area contributed by atoms with E-state index in [1.54, 1.807) is 0 Å². The molecule has 8 heteroatoms. The fraction of sp³-hybridized carbons (Fsp3) is 0.294. The maximum Gasteiger partial charge on any atom is 0.311 e. The van der Waals surface area contributed by atoms with E-state index in [0.29, 0.717) is 6.42 Å². The van der Waals surface area contributed by atoms with E-state index in [2.05, 4.69) is 15.6 Å². The molecule has 0 aliphatic heterocycles. The van der Waals surface area contributed by atoms with Crippen LogP contribution < -0.4 is 10.6 Å². The SMILES string of the molecule is Cc1ccc(C[C@@H](CNC(=O)CO)Nc2ncccc2[N+](=O)[O-])cc1. The van der Waals surface area contributed by atoms with Crippen molar-refractivity contribution in [2.75, 3.05) is 18.5 Å². The Kier molecular flexibility index (Phi) is 6.41. The number of rotatable bonds is 8. The Labute approximate surface area is 145 Å². The van der Waals surface area contributed by atoms with Crippen LogP contribution in [0.25, 0.3) is 0 Å². The third-order valence-electron chi connectivity index (χ3n) is 3.62. The standard InChI is InChI=1S/C17H20N4O4/c1-12-4-6-13(7-5-12)9-14(10-19-16(23)11-22)20-17-15(21(24)25)3-2-8-18-17/h2-8,14,22H,9-11H2,1H3,(H,18,20)(H,19,23)/t14-/m0/s1. The van der Waals surface area contributed by atoms with Gasteiger partial charge in [0.15, 0.2) is 0 Å². The Hall–Kier alpha value is -3.00. The van der Waals surface area contributed by atoms with E-state index in [-0.39, 0.29) is 24.1 Å². The largest absolute Gasteiger partial charge is 0.387 e. The summed E-state index contributed by atoms with van der Waals surface area (Å²) in [6.07, 6.45) is 1.99. The molecule has 2 rings (SSSR count).